The van der Waals surface area contributed by atoms with E-state index in [2.05, 4.69) is 37.8 Å². The molecule has 0 N–H and O–H groups in total. The van der Waals surface area contributed by atoms with Crippen LogP contribution in [0.4, 0.5) is 10.8 Å². The van der Waals surface area contributed by atoms with Gasteiger partial charge in [0.25, 0.3) is 6.01 Å². The fourth-order valence-corrected chi connectivity index (χ4v) is 3.77. The molecule has 0 spiro atoms. The van der Waals surface area contributed by atoms with Crippen molar-refractivity contribution in [1.82, 2.24) is 14.8 Å². The van der Waals surface area contributed by atoms with Crippen LogP contribution in [-0.4, -0.2) is 73.3 Å². The molecule has 2 aromatic rings. The van der Waals surface area contributed by atoms with Crippen LogP contribution in [0.1, 0.15) is 32.8 Å². The number of anilines is 1. The summed E-state index contributed by atoms with van der Waals surface area (Å²) in [5, 5.41) is 0. The second-order valence-corrected chi connectivity index (χ2v) is 8.64. The quantitative estimate of drug-likeness (QED) is 0.754. The Morgan fingerprint density at radius 3 is 2.50 bits per heavy atom. The highest BCUT2D eigenvalue weighted by Gasteiger charge is 2.26. The lowest BCUT2D eigenvalue weighted by Gasteiger charge is -2.32. The summed E-state index contributed by atoms with van der Waals surface area (Å²) in [6, 6.07) is 7.02. The van der Waals surface area contributed by atoms with Crippen molar-refractivity contribution in [3.63, 3.8) is 0 Å². The third-order valence-electron chi connectivity index (χ3n) is 5.56. The highest BCUT2D eigenvalue weighted by atomic mass is 16.5. The van der Waals surface area contributed by atoms with E-state index in [9.17, 15) is 4.79 Å². The minimum absolute atomic E-state index is 0.0796. The number of hydrogen-bond donors (Lipinski definition) is 0. The molecular weight excluding hydrogens is 356 g/mol. The van der Waals surface area contributed by atoms with E-state index >= 15 is 0 Å². The van der Waals surface area contributed by atoms with Gasteiger partial charge in [-0.3, -0.25) is 0 Å². The predicted octanol–water partition coefficient (Wildman–Crippen LogP) is 3.09. The molecule has 0 radical (unpaired) electrons. The van der Waals surface area contributed by atoms with Crippen molar-refractivity contribution < 1.29 is 13.9 Å². The van der Waals surface area contributed by atoms with Crippen molar-refractivity contribution in [2.24, 2.45) is 0 Å². The van der Waals surface area contributed by atoms with Gasteiger partial charge >= 0.3 is 6.03 Å². The van der Waals surface area contributed by atoms with Gasteiger partial charge < -0.3 is 23.9 Å². The summed E-state index contributed by atoms with van der Waals surface area (Å²) in [6.45, 7) is 12.2. The van der Waals surface area contributed by atoms with Crippen molar-refractivity contribution in [3.8, 4) is 0 Å². The molecule has 0 atom stereocenters. The number of ether oxygens (including phenoxy) is 1. The first-order valence-electron chi connectivity index (χ1n) is 10.2. The van der Waals surface area contributed by atoms with Gasteiger partial charge in [-0.05, 0) is 29.5 Å². The van der Waals surface area contributed by atoms with E-state index in [4.69, 9.17) is 14.1 Å². The Morgan fingerprint density at radius 1 is 1.00 bits per heavy atom. The summed E-state index contributed by atoms with van der Waals surface area (Å²) < 4.78 is 11.4. The molecule has 28 heavy (non-hydrogen) atoms. The van der Waals surface area contributed by atoms with Gasteiger partial charge in [0.05, 0.1) is 13.2 Å². The first-order chi connectivity index (χ1) is 13.4. The highest BCUT2D eigenvalue weighted by Crippen LogP contribution is 2.29. The molecule has 1 aromatic heterocycles. The summed E-state index contributed by atoms with van der Waals surface area (Å²) in [5.74, 6) is 0. The molecule has 2 fully saturated rings. The van der Waals surface area contributed by atoms with Gasteiger partial charge in [-0.15, -0.1) is 0 Å². The molecule has 7 nitrogen and oxygen atoms in total. The second kappa shape index (κ2) is 7.62. The number of carbonyl (C=O) groups excluding carboxylic acids is 1. The number of amides is 2. The van der Waals surface area contributed by atoms with E-state index in [0.29, 0.717) is 38.9 Å². The smallest absolute Gasteiger partial charge is 0.320 e. The van der Waals surface area contributed by atoms with E-state index in [1.54, 1.807) is 0 Å². The summed E-state index contributed by atoms with van der Waals surface area (Å²) >= 11 is 0. The van der Waals surface area contributed by atoms with Gasteiger partial charge in [0.15, 0.2) is 5.58 Å². The molecule has 3 heterocycles. The molecule has 0 bridgehead atoms. The van der Waals surface area contributed by atoms with Crippen molar-refractivity contribution in [3.05, 3.63) is 23.8 Å². The largest absolute Gasteiger partial charge is 0.423 e. The number of aromatic nitrogens is 1. The molecule has 2 saturated heterocycles. The lowest BCUT2D eigenvalue weighted by Crippen LogP contribution is -2.49. The van der Waals surface area contributed by atoms with Gasteiger partial charge in [-0.25, -0.2) is 4.79 Å². The van der Waals surface area contributed by atoms with Crippen LogP contribution in [-0.2, 0) is 10.2 Å². The van der Waals surface area contributed by atoms with Crippen molar-refractivity contribution in [2.45, 2.75) is 32.6 Å². The van der Waals surface area contributed by atoms with E-state index in [0.717, 1.165) is 37.2 Å². The standard InChI is InChI=1S/C21H30N4O3/c1-21(2,3)16-5-6-18-17(15-16)22-19(28-18)23-7-4-8-24(10-9-23)20(26)25-11-13-27-14-12-25/h5-6,15H,4,7-14H2,1-3H3. The van der Waals surface area contributed by atoms with E-state index in [-0.39, 0.29) is 11.4 Å². The molecule has 0 aliphatic carbocycles. The SMILES string of the molecule is CC(C)(C)c1ccc2oc(N3CCCN(C(=O)N4CCOCC4)CC3)nc2c1. The summed E-state index contributed by atoms with van der Waals surface area (Å²) in [5.41, 5.74) is 3.04. The molecule has 0 saturated carbocycles. The fourth-order valence-electron chi connectivity index (χ4n) is 3.77. The van der Waals surface area contributed by atoms with Crippen LogP contribution >= 0.6 is 0 Å². The summed E-state index contributed by atoms with van der Waals surface area (Å²) in [4.78, 5) is 23.5. The number of hydrogen-bond acceptors (Lipinski definition) is 5. The lowest BCUT2D eigenvalue weighted by atomic mass is 9.87. The van der Waals surface area contributed by atoms with Gasteiger partial charge in [-0.1, -0.05) is 26.8 Å². The van der Waals surface area contributed by atoms with Gasteiger partial charge in [0, 0.05) is 39.3 Å². The molecule has 2 amide bonds. The van der Waals surface area contributed by atoms with Crippen LogP contribution in [0, 0.1) is 0 Å². The molecule has 152 valence electrons. The Labute approximate surface area is 166 Å². The highest BCUT2D eigenvalue weighted by molar-refractivity contribution is 5.76. The topological polar surface area (TPSA) is 62.1 Å². The summed E-state index contributed by atoms with van der Waals surface area (Å²) in [6.07, 6.45) is 0.905. The number of carbonyl (C=O) groups is 1. The van der Waals surface area contributed by atoms with Gasteiger partial charge in [0.1, 0.15) is 5.52 Å². The Balaban J connectivity index is 1.46. The fraction of sp³-hybridized carbons (Fsp3) is 0.619. The second-order valence-electron chi connectivity index (χ2n) is 8.64. The van der Waals surface area contributed by atoms with Crippen molar-refractivity contribution in [2.75, 3.05) is 57.4 Å². The van der Waals surface area contributed by atoms with E-state index in [1.165, 1.54) is 5.56 Å². The first-order valence-corrected chi connectivity index (χ1v) is 10.2. The first kappa shape index (κ1) is 19.1. The maximum absolute atomic E-state index is 12.8. The average molecular weight is 386 g/mol. The number of rotatable bonds is 1. The van der Waals surface area contributed by atoms with Crippen LogP contribution in [0.25, 0.3) is 11.1 Å². The summed E-state index contributed by atoms with van der Waals surface area (Å²) in [7, 11) is 0. The normalized spacial score (nSPS) is 19.2. The van der Waals surface area contributed by atoms with Crippen molar-refractivity contribution in [1.29, 1.82) is 0 Å². The monoisotopic (exact) mass is 386 g/mol. The average Bonchev–Trinajstić information content (AvgIpc) is 2.96. The van der Waals surface area contributed by atoms with E-state index in [1.807, 2.05) is 15.9 Å². The molecule has 7 heteroatoms. The predicted molar refractivity (Wildman–Crippen MR) is 109 cm³/mol. The van der Waals surface area contributed by atoms with Crippen LogP contribution in [0.3, 0.4) is 0 Å². The maximum Gasteiger partial charge on any atom is 0.320 e. The number of morpholine rings is 1. The number of fused-ring (bicyclic) bond motifs is 1. The molecule has 1 aromatic carbocycles. The van der Waals surface area contributed by atoms with Crippen LogP contribution in [0.15, 0.2) is 22.6 Å². The van der Waals surface area contributed by atoms with Crippen LogP contribution in [0.2, 0.25) is 0 Å². The maximum atomic E-state index is 12.8. The minimum Gasteiger partial charge on any atom is -0.423 e. The van der Waals surface area contributed by atoms with Gasteiger partial charge in [0.2, 0.25) is 0 Å². The van der Waals surface area contributed by atoms with Gasteiger partial charge in [-0.2, -0.15) is 4.98 Å². The number of oxazole rings is 1. The third kappa shape index (κ3) is 3.94. The Morgan fingerprint density at radius 2 is 1.75 bits per heavy atom. The zero-order valence-corrected chi connectivity index (χ0v) is 17.1. The number of urea groups is 1. The molecule has 0 unspecified atom stereocenters. The van der Waals surface area contributed by atoms with E-state index < -0.39 is 0 Å². The Hall–Kier alpha value is -2.28. The number of nitrogens with zero attached hydrogens (tertiary/aromatic N) is 4. The molecular formula is C21H30N4O3. The minimum atomic E-state index is 0.0796. The van der Waals surface area contributed by atoms with Crippen molar-refractivity contribution >= 4 is 23.1 Å². The third-order valence-corrected chi connectivity index (χ3v) is 5.56. The zero-order chi connectivity index (χ0) is 19.7. The lowest BCUT2D eigenvalue weighted by molar-refractivity contribution is 0.0438. The molecule has 2 aliphatic rings. The Kier molecular flexibility index (Phi) is 5.19. The van der Waals surface area contributed by atoms with Crippen LogP contribution in [0.5, 0.6) is 0 Å². The Bertz CT molecular complexity index is 836. The number of benzene rings is 1. The van der Waals surface area contributed by atoms with Crippen LogP contribution < -0.4 is 4.90 Å². The zero-order valence-electron chi connectivity index (χ0n) is 17.1. The molecule has 4 rings (SSSR count). The molecule has 2 aliphatic heterocycles.